The molecule has 1 atom stereocenters. The molecule has 21 heavy (non-hydrogen) atoms. The van der Waals surface area contributed by atoms with Gasteiger partial charge in [0.25, 0.3) is 5.91 Å². The van der Waals surface area contributed by atoms with E-state index in [-0.39, 0.29) is 11.8 Å². The lowest BCUT2D eigenvalue weighted by Gasteiger charge is -2.19. The number of hydrogen-bond donors (Lipinski definition) is 3. The van der Waals surface area contributed by atoms with Crippen molar-refractivity contribution in [1.29, 1.82) is 0 Å². The molecule has 0 radical (unpaired) electrons. The van der Waals surface area contributed by atoms with Crippen molar-refractivity contribution in [2.45, 2.75) is 40.2 Å². The van der Waals surface area contributed by atoms with Gasteiger partial charge in [0, 0.05) is 12.0 Å². The van der Waals surface area contributed by atoms with Crippen LogP contribution in [0.25, 0.3) is 0 Å². The Labute approximate surface area is 125 Å². The molecular weight excluding hydrogens is 268 g/mol. The molecule has 3 N–H and O–H groups in total. The van der Waals surface area contributed by atoms with Gasteiger partial charge < -0.3 is 15.7 Å². The number of aliphatic hydroxyl groups excluding tert-OH is 1. The van der Waals surface area contributed by atoms with E-state index in [2.05, 4.69) is 10.6 Å². The first-order chi connectivity index (χ1) is 9.71. The molecule has 0 aliphatic carbocycles. The van der Waals surface area contributed by atoms with E-state index in [4.69, 9.17) is 0 Å². The third kappa shape index (κ3) is 5.55. The van der Waals surface area contributed by atoms with Gasteiger partial charge in [-0.05, 0) is 25.5 Å². The lowest BCUT2D eigenvalue weighted by atomic mass is 9.95. The van der Waals surface area contributed by atoms with Gasteiger partial charge in [0.15, 0.2) is 0 Å². The van der Waals surface area contributed by atoms with E-state index in [9.17, 15) is 14.7 Å². The van der Waals surface area contributed by atoms with Crippen LogP contribution in [-0.4, -0.2) is 29.6 Å². The predicted octanol–water partition coefficient (Wildman–Crippen LogP) is 2.17. The highest BCUT2D eigenvalue weighted by molar-refractivity contribution is 6.04. The van der Waals surface area contributed by atoms with Gasteiger partial charge in [-0.3, -0.25) is 9.59 Å². The summed E-state index contributed by atoms with van der Waals surface area (Å²) in [4.78, 5) is 24.2. The van der Waals surface area contributed by atoms with Crippen molar-refractivity contribution in [3.63, 3.8) is 0 Å². The number of amides is 2. The zero-order chi connectivity index (χ0) is 16.0. The summed E-state index contributed by atoms with van der Waals surface area (Å²) >= 11 is 0. The van der Waals surface area contributed by atoms with E-state index in [0.29, 0.717) is 24.2 Å². The number of para-hydroxylation sites is 1. The fourth-order valence-electron chi connectivity index (χ4n) is 1.59. The average Bonchev–Trinajstić information content (AvgIpc) is 2.37. The zero-order valence-electron chi connectivity index (χ0n) is 13.1. The number of hydrogen-bond acceptors (Lipinski definition) is 3. The summed E-state index contributed by atoms with van der Waals surface area (Å²) in [5.41, 5.74) is 0.378. The van der Waals surface area contributed by atoms with E-state index < -0.39 is 11.5 Å². The van der Waals surface area contributed by atoms with Gasteiger partial charge in [-0.2, -0.15) is 0 Å². The second-order valence-corrected chi connectivity index (χ2v) is 6.14. The molecule has 1 aromatic carbocycles. The number of benzene rings is 1. The first kappa shape index (κ1) is 17.2. The van der Waals surface area contributed by atoms with Crippen molar-refractivity contribution in [1.82, 2.24) is 5.32 Å². The molecule has 1 unspecified atom stereocenters. The van der Waals surface area contributed by atoms with Gasteiger partial charge >= 0.3 is 0 Å². The minimum absolute atomic E-state index is 0.147. The average molecular weight is 292 g/mol. The maximum atomic E-state index is 12.1. The number of nitrogens with one attached hydrogen (secondary N) is 2. The minimum atomic E-state index is -0.532. The van der Waals surface area contributed by atoms with E-state index in [1.807, 2.05) is 20.8 Å². The Morgan fingerprint density at radius 1 is 1.24 bits per heavy atom. The number of anilines is 1. The van der Waals surface area contributed by atoms with Crippen molar-refractivity contribution in [3.05, 3.63) is 29.8 Å². The van der Waals surface area contributed by atoms with Crippen LogP contribution in [0.3, 0.4) is 0 Å². The summed E-state index contributed by atoms with van der Waals surface area (Å²) in [6.45, 7) is 7.50. The molecule has 1 rings (SSSR count). The van der Waals surface area contributed by atoms with E-state index in [1.54, 1.807) is 31.2 Å². The summed E-state index contributed by atoms with van der Waals surface area (Å²) in [5, 5.41) is 14.7. The number of carbonyl (C=O) groups is 2. The van der Waals surface area contributed by atoms with Crippen LogP contribution >= 0.6 is 0 Å². The third-order valence-corrected chi connectivity index (χ3v) is 2.95. The molecule has 0 spiro atoms. The molecule has 116 valence electrons. The molecule has 0 saturated heterocycles. The largest absolute Gasteiger partial charge is 0.393 e. The second kappa shape index (κ2) is 7.22. The van der Waals surface area contributed by atoms with Crippen LogP contribution in [0.5, 0.6) is 0 Å². The Hall–Kier alpha value is -1.88. The van der Waals surface area contributed by atoms with Gasteiger partial charge in [-0.1, -0.05) is 32.9 Å². The van der Waals surface area contributed by atoms with Crippen LogP contribution in [0.2, 0.25) is 0 Å². The van der Waals surface area contributed by atoms with E-state index in [0.717, 1.165) is 0 Å². The fraction of sp³-hybridized carbons (Fsp3) is 0.500. The monoisotopic (exact) mass is 292 g/mol. The smallest absolute Gasteiger partial charge is 0.253 e. The molecule has 1 aromatic rings. The van der Waals surface area contributed by atoms with Crippen molar-refractivity contribution in [2.24, 2.45) is 5.41 Å². The van der Waals surface area contributed by atoms with E-state index in [1.165, 1.54) is 0 Å². The lowest BCUT2D eigenvalue weighted by molar-refractivity contribution is -0.123. The first-order valence-corrected chi connectivity index (χ1v) is 7.08. The molecule has 0 bridgehead atoms. The normalized spacial score (nSPS) is 12.6. The van der Waals surface area contributed by atoms with Crippen molar-refractivity contribution < 1.29 is 14.7 Å². The highest BCUT2D eigenvalue weighted by Crippen LogP contribution is 2.20. The van der Waals surface area contributed by atoms with Crippen LogP contribution in [0.1, 0.15) is 44.5 Å². The van der Waals surface area contributed by atoms with E-state index >= 15 is 0 Å². The van der Waals surface area contributed by atoms with Crippen LogP contribution in [0.15, 0.2) is 24.3 Å². The third-order valence-electron chi connectivity index (χ3n) is 2.95. The van der Waals surface area contributed by atoms with Gasteiger partial charge in [-0.15, -0.1) is 0 Å². The Kier molecular flexibility index (Phi) is 5.90. The number of rotatable bonds is 5. The molecular formula is C16H24N2O3. The van der Waals surface area contributed by atoms with Crippen LogP contribution in [0, 0.1) is 5.41 Å². The summed E-state index contributed by atoms with van der Waals surface area (Å²) in [5.74, 6) is -0.410. The van der Waals surface area contributed by atoms with Gasteiger partial charge in [0.1, 0.15) is 0 Å². The number of carbonyl (C=O) groups excluding carboxylic acids is 2. The maximum absolute atomic E-state index is 12.1. The number of aliphatic hydroxyl groups is 1. The lowest BCUT2D eigenvalue weighted by Crippen LogP contribution is -2.30. The highest BCUT2D eigenvalue weighted by atomic mass is 16.3. The van der Waals surface area contributed by atoms with Crippen LogP contribution in [0.4, 0.5) is 5.69 Å². The summed E-state index contributed by atoms with van der Waals surface area (Å²) < 4.78 is 0. The molecule has 2 amide bonds. The Morgan fingerprint density at radius 3 is 2.43 bits per heavy atom. The van der Waals surface area contributed by atoms with Crippen molar-refractivity contribution in [2.75, 3.05) is 11.9 Å². The van der Waals surface area contributed by atoms with Gasteiger partial charge in [0.05, 0.1) is 17.4 Å². The van der Waals surface area contributed by atoms with Crippen molar-refractivity contribution in [3.8, 4) is 0 Å². The first-order valence-electron chi connectivity index (χ1n) is 7.08. The standard InChI is InChI=1S/C16H24N2O3/c1-11(19)9-10-17-14(20)12-7-5-6-8-13(12)18-15(21)16(2,3)4/h5-8,11,19H,9-10H2,1-4H3,(H,17,20)(H,18,21). The fourth-order valence-corrected chi connectivity index (χ4v) is 1.59. The summed E-state index contributed by atoms with van der Waals surface area (Å²) in [6, 6.07) is 6.88. The SMILES string of the molecule is CC(O)CCNC(=O)c1ccccc1NC(=O)C(C)(C)C. The van der Waals surface area contributed by atoms with Crippen LogP contribution in [-0.2, 0) is 4.79 Å². The van der Waals surface area contributed by atoms with Crippen molar-refractivity contribution >= 4 is 17.5 Å². The molecule has 0 heterocycles. The molecule has 0 fully saturated rings. The zero-order valence-corrected chi connectivity index (χ0v) is 13.1. The summed E-state index contributed by atoms with van der Waals surface area (Å²) in [7, 11) is 0. The molecule has 0 saturated carbocycles. The van der Waals surface area contributed by atoms with Gasteiger partial charge in [-0.25, -0.2) is 0 Å². The molecule has 5 nitrogen and oxygen atoms in total. The Morgan fingerprint density at radius 2 is 1.86 bits per heavy atom. The highest BCUT2D eigenvalue weighted by Gasteiger charge is 2.22. The minimum Gasteiger partial charge on any atom is -0.393 e. The molecule has 0 aromatic heterocycles. The molecule has 5 heteroatoms. The predicted molar refractivity (Wildman–Crippen MR) is 83.2 cm³/mol. The van der Waals surface area contributed by atoms with Crippen LogP contribution < -0.4 is 10.6 Å². The maximum Gasteiger partial charge on any atom is 0.253 e. The summed E-state index contributed by atoms with van der Waals surface area (Å²) in [6.07, 6.45) is 0.0311. The quantitative estimate of drug-likeness (QED) is 0.778. The molecule has 0 aliphatic heterocycles. The Balaban J connectivity index is 2.79. The topological polar surface area (TPSA) is 78.4 Å². The second-order valence-electron chi connectivity index (χ2n) is 6.14. The Bertz CT molecular complexity index is 504. The van der Waals surface area contributed by atoms with Gasteiger partial charge in [0.2, 0.25) is 5.91 Å². The molecule has 0 aliphatic rings.